The van der Waals surface area contributed by atoms with E-state index in [2.05, 4.69) is 15.6 Å². The zero-order valence-corrected chi connectivity index (χ0v) is 18.7. The van der Waals surface area contributed by atoms with Crippen molar-refractivity contribution in [2.24, 2.45) is 4.99 Å². The molecule has 3 rings (SSSR count). The Bertz CT molecular complexity index is 937. The van der Waals surface area contributed by atoms with Gasteiger partial charge in [0.25, 0.3) is 0 Å². The third kappa shape index (κ3) is 5.57. The van der Waals surface area contributed by atoms with Crippen LogP contribution in [-0.4, -0.2) is 40.3 Å². The molecule has 0 bridgehead atoms. The first-order valence-electron chi connectivity index (χ1n) is 8.77. The molecule has 152 valence electrons. The van der Waals surface area contributed by atoms with Crippen LogP contribution >= 0.6 is 24.0 Å². The van der Waals surface area contributed by atoms with Gasteiger partial charge < -0.3 is 10.6 Å². The van der Waals surface area contributed by atoms with Crippen LogP contribution < -0.4 is 14.9 Å². The van der Waals surface area contributed by atoms with Gasteiger partial charge in [-0.15, -0.1) is 24.0 Å². The molecule has 0 aromatic heterocycles. The monoisotopic (exact) mass is 518 g/mol. The minimum atomic E-state index is -3.41. The maximum atomic E-state index is 13.2. The highest BCUT2D eigenvalue weighted by molar-refractivity contribution is 14.0. The van der Waals surface area contributed by atoms with Crippen molar-refractivity contribution in [1.29, 1.82) is 0 Å². The number of nitrogens with one attached hydrogen (secondary N) is 2. The summed E-state index contributed by atoms with van der Waals surface area (Å²) in [5.74, 6) is 0.132. The summed E-state index contributed by atoms with van der Waals surface area (Å²) in [7, 11) is -1.81. The van der Waals surface area contributed by atoms with E-state index in [1.165, 1.54) is 16.4 Å². The molecule has 1 aliphatic heterocycles. The first-order chi connectivity index (χ1) is 13.0. The topological polar surface area (TPSA) is 73.8 Å². The molecule has 0 saturated carbocycles. The van der Waals surface area contributed by atoms with Crippen LogP contribution in [0.1, 0.15) is 11.1 Å². The number of rotatable bonds is 6. The standard InChI is InChI=1S/C19H23FN4O2S.HI/c1-21-19(23-14-15-5-4-7-17(20)13-15)22-10-12-27(25,26)24-11-9-16-6-2-3-8-18(16)24;/h2-8,13H,9-12,14H2,1H3,(H2,21,22,23);1H. The fraction of sp³-hybridized carbons (Fsp3) is 0.316. The van der Waals surface area contributed by atoms with Crippen molar-refractivity contribution in [2.45, 2.75) is 13.0 Å². The molecule has 1 heterocycles. The van der Waals surface area contributed by atoms with Crippen LogP contribution in [0.25, 0.3) is 0 Å². The van der Waals surface area contributed by atoms with E-state index >= 15 is 0 Å². The Kier molecular flexibility index (Phi) is 8.05. The minimum absolute atomic E-state index is 0. The van der Waals surface area contributed by atoms with Gasteiger partial charge in [0.2, 0.25) is 10.0 Å². The second kappa shape index (κ2) is 10.1. The number of nitrogens with zero attached hydrogens (tertiary/aromatic N) is 2. The summed E-state index contributed by atoms with van der Waals surface area (Å²) in [5, 5.41) is 6.05. The molecule has 0 amide bonds. The molecule has 9 heteroatoms. The van der Waals surface area contributed by atoms with Gasteiger partial charge in [0, 0.05) is 26.7 Å². The Morgan fingerprint density at radius 3 is 2.71 bits per heavy atom. The summed E-state index contributed by atoms with van der Waals surface area (Å²) in [5.41, 5.74) is 2.60. The summed E-state index contributed by atoms with van der Waals surface area (Å²) in [6.07, 6.45) is 0.736. The Morgan fingerprint density at radius 1 is 1.18 bits per heavy atom. The summed E-state index contributed by atoms with van der Waals surface area (Å²) >= 11 is 0. The molecular weight excluding hydrogens is 494 g/mol. The molecular formula is C19H24FIN4O2S. The summed E-state index contributed by atoms with van der Waals surface area (Å²) in [4.78, 5) is 4.07. The van der Waals surface area contributed by atoms with Gasteiger partial charge in [0.1, 0.15) is 5.82 Å². The lowest BCUT2D eigenvalue weighted by molar-refractivity contribution is 0.590. The second-order valence-corrected chi connectivity index (χ2v) is 8.26. The number of guanidine groups is 1. The van der Waals surface area contributed by atoms with Crippen molar-refractivity contribution in [3.63, 3.8) is 0 Å². The molecule has 28 heavy (non-hydrogen) atoms. The number of benzene rings is 2. The predicted molar refractivity (Wildman–Crippen MR) is 121 cm³/mol. The van der Waals surface area contributed by atoms with E-state index in [1.807, 2.05) is 24.3 Å². The smallest absolute Gasteiger partial charge is 0.236 e. The number of para-hydroxylation sites is 1. The zero-order chi connectivity index (χ0) is 19.3. The van der Waals surface area contributed by atoms with Gasteiger partial charge in [0.05, 0.1) is 11.4 Å². The predicted octanol–water partition coefficient (Wildman–Crippen LogP) is 2.50. The molecule has 2 aromatic carbocycles. The van der Waals surface area contributed by atoms with Gasteiger partial charge in [-0.1, -0.05) is 30.3 Å². The first kappa shape index (κ1) is 22.4. The highest BCUT2D eigenvalue weighted by Gasteiger charge is 2.28. The number of aliphatic imine (C=N–C) groups is 1. The van der Waals surface area contributed by atoms with Crippen molar-refractivity contribution in [3.05, 3.63) is 65.5 Å². The zero-order valence-electron chi connectivity index (χ0n) is 15.6. The minimum Gasteiger partial charge on any atom is -0.355 e. The fourth-order valence-corrected chi connectivity index (χ4v) is 4.49. The number of anilines is 1. The summed E-state index contributed by atoms with van der Waals surface area (Å²) < 4.78 is 40.0. The highest BCUT2D eigenvalue weighted by Crippen LogP contribution is 2.29. The Labute approximate surface area is 182 Å². The number of halogens is 2. The number of hydrogen-bond acceptors (Lipinski definition) is 3. The number of sulfonamides is 1. The van der Waals surface area contributed by atoms with Gasteiger partial charge in [0.15, 0.2) is 5.96 Å². The molecule has 0 saturated heterocycles. The van der Waals surface area contributed by atoms with Crippen LogP contribution in [0.5, 0.6) is 0 Å². The lowest BCUT2D eigenvalue weighted by atomic mass is 10.2. The van der Waals surface area contributed by atoms with Crippen molar-refractivity contribution in [1.82, 2.24) is 10.6 Å². The maximum Gasteiger partial charge on any atom is 0.236 e. The Hall–Kier alpha value is -1.88. The van der Waals surface area contributed by atoms with Crippen molar-refractivity contribution >= 4 is 45.6 Å². The normalized spacial score (nSPS) is 13.6. The van der Waals surface area contributed by atoms with E-state index in [1.54, 1.807) is 19.2 Å². The third-order valence-electron chi connectivity index (χ3n) is 4.41. The second-order valence-electron chi connectivity index (χ2n) is 6.25. The lowest BCUT2D eigenvalue weighted by Gasteiger charge is -2.20. The number of hydrogen-bond donors (Lipinski definition) is 2. The maximum absolute atomic E-state index is 13.2. The molecule has 0 unspecified atom stereocenters. The molecule has 2 N–H and O–H groups in total. The average Bonchev–Trinajstić information content (AvgIpc) is 3.09. The van der Waals surface area contributed by atoms with Gasteiger partial charge >= 0.3 is 0 Å². The quantitative estimate of drug-likeness (QED) is 0.350. The largest absolute Gasteiger partial charge is 0.355 e. The van der Waals surface area contributed by atoms with Crippen molar-refractivity contribution in [3.8, 4) is 0 Å². The summed E-state index contributed by atoms with van der Waals surface area (Å²) in [6.45, 7) is 1.10. The van der Waals surface area contributed by atoms with E-state index in [9.17, 15) is 12.8 Å². The molecule has 0 fully saturated rings. The first-order valence-corrected chi connectivity index (χ1v) is 10.4. The van der Waals surface area contributed by atoms with E-state index in [-0.39, 0.29) is 42.1 Å². The Balaban J connectivity index is 0.00000280. The molecule has 0 spiro atoms. The molecule has 6 nitrogen and oxygen atoms in total. The molecule has 2 aromatic rings. The van der Waals surface area contributed by atoms with Crippen LogP contribution in [-0.2, 0) is 23.0 Å². The van der Waals surface area contributed by atoms with E-state index in [4.69, 9.17) is 0 Å². The van der Waals surface area contributed by atoms with Gasteiger partial charge in [-0.25, -0.2) is 12.8 Å². The van der Waals surface area contributed by atoms with E-state index < -0.39 is 10.0 Å². The molecule has 0 atom stereocenters. The van der Waals surface area contributed by atoms with Gasteiger partial charge in [-0.2, -0.15) is 0 Å². The summed E-state index contributed by atoms with van der Waals surface area (Å²) in [6, 6.07) is 13.8. The average molecular weight is 518 g/mol. The SMILES string of the molecule is CN=C(NCCS(=O)(=O)N1CCc2ccccc21)NCc1cccc(F)c1.I. The van der Waals surface area contributed by atoms with Crippen LogP contribution in [0, 0.1) is 5.82 Å². The van der Waals surface area contributed by atoms with Crippen LogP contribution in [0.4, 0.5) is 10.1 Å². The van der Waals surface area contributed by atoms with Gasteiger partial charge in [-0.05, 0) is 35.7 Å². The lowest BCUT2D eigenvalue weighted by Crippen LogP contribution is -2.41. The molecule has 1 aliphatic rings. The van der Waals surface area contributed by atoms with Crippen LogP contribution in [0.2, 0.25) is 0 Å². The third-order valence-corrected chi connectivity index (χ3v) is 6.18. The fourth-order valence-electron chi connectivity index (χ4n) is 3.06. The highest BCUT2D eigenvalue weighted by atomic mass is 127. The van der Waals surface area contributed by atoms with E-state index in [0.717, 1.165) is 23.2 Å². The number of fused-ring (bicyclic) bond motifs is 1. The molecule has 0 aliphatic carbocycles. The van der Waals surface area contributed by atoms with Crippen LogP contribution in [0.15, 0.2) is 53.5 Å². The van der Waals surface area contributed by atoms with E-state index in [0.29, 0.717) is 19.0 Å². The van der Waals surface area contributed by atoms with Crippen molar-refractivity contribution in [2.75, 3.05) is 30.2 Å². The van der Waals surface area contributed by atoms with Crippen LogP contribution in [0.3, 0.4) is 0 Å². The Morgan fingerprint density at radius 2 is 1.96 bits per heavy atom. The van der Waals surface area contributed by atoms with Crippen molar-refractivity contribution < 1.29 is 12.8 Å². The molecule has 0 radical (unpaired) electrons. The van der Waals surface area contributed by atoms with Gasteiger partial charge in [-0.3, -0.25) is 9.30 Å².